The number of esters is 1. The first-order valence-electron chi connectivity index (χ1n) is 7.15. The maximum absolute atomic E-state index is 13.4. The van der Waals surface area contributed by atoms with Crippen molar-refractivity contribution in [2.45, 2.75) is 13.0 Å². The van der Waals surface area contributed by atoms with Crippen LogP contribution in [0.15, 0.2) is 54.6 Å². The third kappa shape index (κ3) is 5.01. The van der Waals surface area contributed by atoms with E-state index in [9.17, 15) is 18.4 Å². The fourth-order valence-corrected chi connectivity index (χ4v) is 1.81. The van der Waals surface area contributed by atoms with E-state index < -0.39 is 29.6 Å². The van der Waals surface area contributed by atoms with E-state index >= 15 is 0 Å². The summed E-state index contributed by atoms with van der Waals surface area (Å²) in [5.74, 6) is -2.23. The number of hydrogen-bond acceptors (Lipinski definition) is 3. The van der Waals surface area contributed by atoms with E-state index in [0.29, 0.717) is 5.69 Å². The molecule has 0 aromatic heterocycles. The van der Waals surface area contributed by atoms with Crippen LogP contribution in [0.2, 0.25) is 0 Å². The molecule has 0 spiro atoms. The molecule has 4 nitrogen and oxygen atoms in total. The summed E-state index contributed by atoms with van der Waals surface area (Å²) >= 11 is 0. The number of amides is 1. The SMILES string of the molecule is CC(OC(=O)/C=C/c1ccccc1F)C(=O)Nc1ccc(F)cc1. The molecule has 0 aliphatic rings. The third-order valence-electron chi connectivity index (χ3n) is 3.08. The van der Waals surface area contributed by atoms with Crippen LogP contribution in [0.1, 0.15) is 12.5 Å². The van der Waals surface area contributed by atoms with Crippen LogP contribution in [0, 0.1) is 11.6 Å². The summed E-state index contributed by atoms with van der Waals surface area (Å²) in [5.41, 5.74) is 0.615. The van der Waals surface area contributed by atoms with Crippen molar-refractivity contribution >= 4 is 23.6 Å². The van der Waals surface area contributed by atoms with Gasteiger partial charge < -0.3 is 10.1 Å². The van der Waals surface area contributed by atoms with Gasteiger partial charge in [-0.1, -0.05) is 18.2 Å². The fraction of sp³-hybridized carbons (Fsp3) is 0.111. The molecular formula is C18H15F2NO3. The van der Waals surface area contributed by atoms with Crippen LogP contribution in [0.25, 0.3) is 6.08 Å². The van der Waals surface area contributed by atoms with Gasteiger partial charge in [-0.25, -0.2) is 13.6 Å². The molecule has 124 valence electrons. The number of benzene rings is 2. The summed E-state index contributed by atoms with van der Waals surface area (Å²) in [5, 5.41) is 2.49. The van der Waals surface area contributed by atoms with Gasteiger partial charge >= 0.3 is 5.97 Å². The predicted octanol–water partition coefficient (Wildman–Crippen LogP) is 3.55. The normalized spacial score (nSPS) is 12.0. The molecule has 0 fully saturated rings. The molecule has 1 atom stereocenters. The zero-order valence-corrected chi connectivity index (χ0v) is 12.8. The number of carbonyl (C=O) groups is 2. The number of hydrogen-bond donors (Lipinski definition) is 1. The first-order valence-corrected chi connectivity index (χ1v) is 7.15. The molecule has 1 unspecified atom stereocenters. The van der Waals surface area contributed by atoms with Gasteiger partial charge in [0, 0.05) is 17.3 Å². The van der Waals surface area contributed by atoms with Crippen molar-refractivity contribution in [2.24, 2.45) is 0 Å². The van der Waals surface area contributed by atoms with Crippen molar-refractivity contribution in [3.8, 4) is 0 Å². The van der Waals surface area contributed by atoms with Gasteiger partial charge in [-0.15, -0.1) is 0 Å². The highest BCUT2D eigenvalue weighted by Crippen LogP contribution is 2.10. The van der Waals surface area contributed by atoms with Crippen LogP contribution < -0.4 is 5.32 Å². The average molecular weight is 331 g/mol. The number of carbonyl (C=O) groups excluding carboxylic acids is 2. The first kappa shape index (κ1) is 17.3. The minimum Gasteiger partial charge on any atom is -0.449 e. The van der Waals surface area contributed by atoms with Gasteiger partial charge in [0.05, 0.1) is 0 Å². The maximum atomic E-state index is 13.4. The van der Waals surface area contributed by atoms with E-state index in [1.807, 2.05) is 0 Å². The Bertz CT molecular complexity index is 757. The highest BCUT2D eigenvalue weighted by molar-refractivity contribution is 5.96. The third-order valence-corrected chi connectivity index (χ3v) is 3.08. The summed E-state index contributed by atoms with van der Waals surface area (Å²) in [6.45, 7) is 1.40. The van der Waals surface area contributed by atoms with Crippen molar-refractivity contribution in [1.29, 1.82) is 0 Å². The Morgan fingerprint density at radius 3 is 2.42 bits per heavy atom. The average Bonchev–Trinajstić information content (AvgIpc) is 2.56. The summed E-state index contributed by atoms with van der Waals surface area (Å²) in [7, 11) is 0. The number of nitrogens with one attached hydrogen (secondary N) is 1. The molecule has 2 rings (SSSR count). The minimum absolute atomic E-state index is 0.234. The summed E-state index contributed by atoms with van der Waals surface area (Å²) < 4.78 is 31.1. The van der Waals surface area contributed by atoms with Gasteiger partial charge in [0.25, 0.3) is 5.91 Å². The van der Waals surface area contributed by atoms with Crippen LogP contribution in [-0.2, 0) is 14.3 Å². The van der Waals surface area contributed by atoms with Crippen LogP contribution in [0.4, 0.5) is 14.5 Å². The summed E-state index contributed by atoms with van der Waals surface area (Å²) in [6.07, 6.45) is 1.25. The molecular weight excluding hydrogens is 316 g/mol. The smallest absolute Gasteiger partial charge is 0.331 e. The predicted molar refractivity (Wildman–Crippen MR) is 86.0 cm³/mol. The van der Waals surface area contributed by atoms with Gasteiger partial charge in [0.15, 0.2) is 6.10 Å². The second-order valence-electron chi connectivity index (χ2n) is 4.93. The highest BCUT2D eigenvalue weighted by atomic mass is 19.1. The van der Waals surface area contributed by atoms with E-state index in [4.69, 9.17) is 4.74 Å². The lowest BCUT2D eigenvalue weighted by Gasteiger charge is -2.12. The zero-order valence-electron chi connectivity index (χ0n) is 12.8. The Labute approximate surface area is 137 Å². The molecule has 2 aromatic rings. The van der Waals surface area contributed by atoms with Crippen LogP contribution >= 0.6 is 0 Å². The van der Waals surface area contributed by atoms with Gasteiger partial charge in [-0.2, -0.15) is 0 Å². The van der Waals surface area contributed by atoms with Gasteiger partial charge in [-0.3, -0.25) is 4.79 Å². The molecule has 0 aliphatic carbocycles. The van der Waals surface area contributed by atoms with Crippen molar-refractivity contribution in [3.63, 3.8) is 0 Å². The van der Waals surface area contributed by atoms with Gasteiger partial charge in [-0.05, 0) is 43.3 Å². The maximum Gasteiger partial charge on any atom is 0.331 e. The van der Waals surface area contributed by atoms with E-state index in [1.54, 1.807) is 6.07 Å². The summed E-state index contributed by atoms with van der Waals surface area (Å²) in [4.78, 5) is 23.6. The van der Waals surface area contributed by atoms with Crippen molar-refractivity contribution in [1.82, 2.24) is 0 Å². The second kappa shape index (κ2) is 8.01. The fourth-order valence-electron chi connectivity index (χ4n) is 1.81. The van der Waals surface area contributed by atoms with E-state index in [1.165, 1.54) is 55.5 Å². The highest BCUT2D eigenvalue weighted by Gasteiger charge is 2.16. The Morgan fingerprint density at radius 1 is 1.08 bits per heavy atom. The van der Waals surface area contributed by atoms with Crippen LogP contribution in [0.5, 0.6) is 0 Å². The molecule has 24 heavy (non-hydrogen) atoms. The number of rotatable bonds is 5. The monoisotopic (exact) mass is 331 g/mol. The molecule has 0 saturated carbocycles. The van der Waals surface area contributed by atoms with Crippen molar-refractivity contribution < 1.29 is 23.1 Å². The molecule has 1 amide bonds. The van der Waals surface area contributed by atoms with Gasteiger partial charge in [0.1, 0.15) is 11.6 Å². The standard InChI is InChI=1S/C18H15F2NO3/c1-12(18(23)21-15-9-7-14(19)8-10-15)24-17(22)11-6-13-4-2-3-5-16(13)20/h2-12H,1H3,(H,21,23)/b11-6+. The molecule has 1 N–H and O–H groups in total. The van der Waals surface area contributed by atoms with Crippen LogP contribution in [0.3, 0.4) is 0 Å². The number of ether oxygens (including phenoxy) is 1. The molecule has 6 heteroatoms. The molecule has 2 aromatic carbocycles. The quantitative estimate of drug-likeness (QED) is 0.673. The largest absolute Gasteiger partial charge is 0.449 e. The topological polar surface area (TPSA) is 55.4 Å². The molecule has 0 radical (unpaired) electrons. The minimum atomic E-state index is -1.06. The van der Waals surface area contributed by atoms with Crippen molar-refractivity contribution in [3.05, 3.63) is 71.8 Å². The first-order chi connectivity index (χ1) is 11.5. The lowest BCUT2D eigenvalue weighted by atomic mass is 10.2. The van der Waals surface area contributed by atoms with E-state index in [2.05, 4.69) is 5.32 Å². The van der Waals surface area contributed by atoms with Crippen molar-refractivity contribution in [2.75, 3.05) is 5.32 Å². The van der Waals surface area contributed by atoms with E-state index in [-0.39, 0.29) is 5.56 Å². The molecule has 0 aliphatic heterocycles. The van der Waals surface area contributed by atoms with Crippen LogP contribution in [-0.4, -0.2) is 18.0 Å². The Hall–Kier alpha value is -3.02. The lowest BCUT2D eigenvalue weighted by molar-refractivity contribution is -0.148. The number of halogens is 2. The number of anilines is 1. The van der Waals surface area contributed by atoms with E-state index in [0.717, 1.165) is 6.08 Å². The van der Waals surface area contributed by atoms with Gasteiger partial charge in [0.2, 0.25) is 0 Å². The molecule has 0 bridgehead atoms. The Kier molecular flexibility index (Phi) is 5.78. The second-order valence-corrected chi connectivity index (χ2v) is 4.93. The zero-order chi connectivity index (χ0) is 17.5. The Balaban J connectivity index is 1.90. The lowest BCUT2D eigenvalue weighted by Crippen LogP contribution is -2.29. The molecule has 0 heterocycles. The summed E-state index contributed by atoms with van der Waals surface area (Å²) in [6, 6.07) is 11.1. The Morgan fingerprint density at radius 2 is 1.75 bits per heavy atom. The molecule has 0 saturated heterocycles.